The minimum Gasteiger partial charge on any atom is -0.550 e. The van der Waals surface area contributed by atoms with Crippen LogP contribution < -0.4 is 22.5 Å². The predicted molar refractivity (Wildman–Crippen MR) is 91.2 cm³/mol. The first-order valence-electron chi connectivity index (χ1n) is 8.52. The summed E-state index contributed by atoms with van der Waals surface area (Å²) in [6, 6.07) is 0. The highest BCUT2D eigenvalue weighted by molar-refractivity contribution is 5.64. The second kappa shape index (κ2) is 20.9. The van der Waals surface area contributed by atoms with Crippen LogP contribution in [0, 0.1) is 0 Å². The van der Waals surface area contributed by atoms with Crippen LogP contribution >= 0.6 is 0 Å². The molecule has 0 aromatic carbocycles. The van der Waals surface area contributed by atoms with E-state index in [1.165, 1.54) is 44.9 Å². The molecule has 0 unspecified atom stereocenters. The largest absolute Gasteiger partial charge is 0.550 e. The molecule has 0 aromatic heterocycles. The molecule has 0 amide bonds. The lowest BCUT2D eigenvalue weighted by Gasteiger charge is -2.04. The van der Waals surface area contributed by atoms with Crippen LogP contribution in [0.2, 0.25) is 0 Å². The molecule has 8 N–H and O–H groups in total. The lowest BCUT2D eigenvalue weighted by Crippen LogP contribution is -2.21. The average molecular weight is 335 g/mol. The van der Waals surface area contributed by atoms with E-state index >= 15 is 0 Å². The molecule has 6 nitrogen and oxygen atoms in total. The zero-order valence-electron chi connectivity index (χ0n) is 15.2. The molecule has 0 heterocycles. The first-order valence-corrected chi connectivity index (χ1v) is 8.52. The van der Waals surface area contributed by atoms with Crippen molar-refractivity contribution < 1.29 is 19.8 Å². The molecule has 0 saturated heterocycles. The van der Waals surface area contributed by atoms with E-state index in [0.717, 1.165) is 38.5 Å². The average Bonchev–Trinajstić information content (AvgIpc) is 2.42. The van der Waals surface area contributed by atoms with E-state index in [1.807, 2.05) is 0 Å². The zero-order chi connectivity index (χ0) is 15.8. The Bertz CT molecular complexity index is 247. The van der Waals surface area contributed by atoms with Gasteiger partial charge >= 0.3 is 0 Å². The highest BCUT2D eigenvalue weighted by Gasteiger charge is 1.94. The smallest absolute Gasteiger partial charge is 0.0414 e. The minimum atomic E-state index is -0.936. The molecule has 0 bridgehead atoms. The van der Waals surface area contributed by atoms with Gasteiger partial charge in [0.05, 0.1) is 0 Å². The highest BCUT2D eigenvalue weighted by atomic mass is 16.4. The van der Waals surface area contributed by atoms with Gasteiger partial charge in [-0.1, -0.05) is 70.6 Å². The molecule has 0 spiro atoms. The molecule has 0 saturated carbocycles. The van der Waals surface area contributed by atoms with Crippen LogP contribution in [0.3, 0.4) is 0 Å². The summed E-state index contributed by atoms with van der Waals surface area (Å²) in [6.07, 6.45) is 14.9. The van der Waals surface area contributed by atoms with E-state index in [1.54, 1.807) is 0 Å². The van der Waals surface area contributed by atoms with E-state index in [4.69, 9.17) is 0 Å². The quantitative estimate of drug-likeness (QED) is 0.416. The molecule has 0 aliphatic heterocycles. The third kappa shape index (κ3) is 26.1. The summed E-state index contributed by atoms with van der Waals surface area (Å²) in [7, 11) is 0. The maximum Gasteiger partial charge on any atom is 0.0414 e. The summed E-state index contributed by atoms with van der Waals surface area (Å²) in [6.45, 7) is 0. The Morgan fingerprint density at radius 1 is 0.435 bits per heavy atom. The van der Waals surface area contributed by atoms with Crippen molar-refractivity contribution in [3.63, 3.8) is 0 Å². The maximum atomic E-state index is 10.2. The summed E-state index contributed by atoms with van der Waals surface area (Å²) < 4.78 is 0. The third-order valence-corrected chi connectivity index (χ3v) is 3.76. The zero-order valence-corrected chi connectivity index (χ0v) is 15.2. The summed E-state index contributed by atoms with van der Waals surface area (Å²) in [4.78, 5) is 20.4. The van der Waals surface area contributed by atoms with Gasteiger partial charge in [0, 0.05) is 11.9 Å². The highest BCUT2D eigenvalue weighted by Crippen LogP contribution is 2.13. The molecule has 0 aliphatic rings. The van der Waals surface area contributed by atoms with Gasteiger partial charge in [-0.2, -0.15) is 0 Å². The van der Waals surface area contributed by atoms with Gasteiger partial charge in [-0.25, -0.2) is 0 Å². The number of carboxylic acids is 2. The standard InChI is InChI=1S/C17H32O4.2H3N/c18-16(19)14-12-10-8-6-4-2-1-3-5-7-9-11-13-15-17(20)21;;/h1-15H2,(H,18,19)(H,20,21);2*1H3. The van der Waals surface area contributed by atoms with Gasteiger partial charge in [0.15, 0.2) is 0 Å². The number of rotatable bonds is 16. The van der Waals surface area contributed by atoms with Gasteiger partial charge < -0.3 is 32.1 Å². The van der Waals surface area contributed by atoms with Gasteiger partial charge in [0.1, 0.15) is 0 Å². The summed E-state index contributed by atoms with van der Waals surface area (Å²) in [5.74, 6) is -1.87. The molecular formula is C17H38N2O4. The predicted octanol–water partition coefficient (Wildman–Crippen LogP) is 3.09. The van der Waals surface area contributed by atoms with Crippen LogP contribution in [0.15, 0.2) is 0 Å². The van der Waals surface area contributed by atoms with Crippen molar-refractivity contribution in [1.29, 1.82) is 0 Å². The maximum absolute atomic E-state index is 10.2. The summed E-state index contributed by atoms with van der Waals surface area (Å²) >= 11 is 0. The number of aliphatic carboxylic acids is 2. The van der Waals surface area contributed by atoms with Crippen molar-refractivity contribution in [2.45, 2.75) is 96.3 Å². The van der Waals surface area contributed by atoms with Gasteiger partial charge in [-0.05, 0) is 25.7 Å². The molecule has 0 radical (unpaired) electrons. The second-order valence-corrected chi connectivity index (χ2v) is 5.84. The van der Waals surface area contributed by atoms with Gasteiger partial charge in [0.25, 0.3) is 0 Å². The minimum absolute atomic E-state index is 0. The molecule has 140 valence electrons. The SMILES string of the molecule is O=C([O-])CCCCCCCCCCCCCCCC(=O)[O-].[NH4+].[NH4+]. The van der Waals surface area contributed by atoms with Crippen LogP contribution in [-0.4, -0.2) is 11.9 Å². The summed E-state index contributed by atoms with van der Waals surface area (Å²) in [5.41, 5.74) is 0. The van der Waals surface area contributed by atoms with Crippen LogP contribution in [0.5, 0.6) is 0 Å². The lowest BCUT2D eigenvalue weighted by atomic mass is 10.0. The van der Waals surface area contributed by atoms with Crippen molar-refractivity contribution in [3.8, 4) is 0 Å². The number of carbonyl (C=O) groups excluding carboxylic acids is 2. The molecule has 0 rings (SSSR count). The number of quaternary nitrogens is 2. The van der Waals surface area contributed by atoms with E-state index in [0.29, 0.717) is 0 Å². The van der Waals surface area contributed by atoms with E-state index in [9.17, 15) is 19.8 Å². The van der Waals surface area contributed by atoms with Crippen molar-refractivity contribution >= 4 is 11.9 Å². The Hall–Kier alpha value is -1.14. The fourth-order valence-corrected chi connectivity index (χ4v) is 2.48. The number of hydrogen-bond acceptors (Lipinski definition) is 4. The van der Waals surface area contributed by atoms with E-state index < -0.39 is 11.9 Å². The molecule has 0 fully saturated rings. The molecule has 23 heavy (non-hydrogen) atoms. The van der Waals surface area contributed by atoms with E-state index in [-0.39, 0.29) is 25.1 Å². The van der Waals surface area contributed by atoms with Crippen LogP contribution in [0.4, 0.5) is 0 Å². The van der Waals surface area contributed by atoms with Crippen LogP contribution in [0.1, 0.15) is 96.3 Å². The van der Waals surface area contributed by atoms with Gasteiger partial charge in [-0.15, -0.1) is 0 Å². The fourth-order valence-electron chi connectivity index (χ4n) is 2.48. The number of unbranched alkanes of at least 4 members (excludes halogenated alkanes) is 12. The van der Waals surface area contributed by atoms with Gasteiger partial charge in [-0.3, -0.25) is 0 Å². The third-order valence-electron chi connectivity index (χ3n) is 3.76. The Balaban J connectivity index is -0.00000200. The Morgan fingerprint density at radius 3 is 0.783 bits per heavy atom. The molecule has 0 aliphatic carbocycles. The Labute approximate surface area is 141 Å². The first-order chi connectivity index (χ1) is 10.1. The topological polar surface area (TPSA) is 153 Å². The molecule has 0 aromatic rings. The summed E-state index contributed by atoms with van der Waals surface area (Å²) in [5, 5.41) is 20.4. The van der Waals surface area contributed by atoms with Crippen molar-refractivity contribution in [2.75, 3.05) is 0 Å². The number of carboxylic acid groups (broad SMARTS) is 2. The van der Waals surface area contributed by atoms with Crippen molar-refractivity contribution in [1.82, 2.24) is 12.3 Å². The van der Waals surface area contributed by atoms with Crippen molar-refractivity contribution in [2.24, 2.45) is 0 Å². The fraction of sp³-hybridized carbons (Fsp3) is 0.882. The first kappa shape index (κ1) is 26.7. The monoisotopic (exact) mass is 334 g/mol. The van der Waals surface area contributed by atoms with Crippen molar-refractivity contribution in [3.05, 3.63) is 0 Å². The molecule has 6 heteroatoms. The van der Waals surface area contributed by atoms with Gasteiger partial charge in [0.2, 0.25) is 0 Å². The Morgan fingerprint density at radius 2 is 0.609 bits per heavy atom. The number of carbonyl (C=O) groups is 2. The van der Waals surface area contributed by atoms with Crippen LogP contribution in [0.25, 0.3) is 0 Å². The lowest BCUT2D eigenvalue weighted by molar-refractivity contribution is -0.307. The molecule has 0 atom stereocenters. The molecular weight excluding hydrogens is 296 g/mol. The van der Waals surface area contributed by atoms with E-state index in [2.05, 4.69) is 0 Å². The van der Waals surface area contributed by atoms with Crippen LogP contribution in [-0.2, 0) is 9.59 Å². The second-order valence-electron chi connectivity index (χ2n) is 5.84. The Kier molecular flexibility index (Phi) is 24.3. The number of hydrogen-bond donors (Lipinski definition) is 2. The normalized spacial score (nSPS) is 9.74.